The van der Waals surface area contributed by atoms with Gasteiger partial charge in [-0.25, -0.2) is 14.0 Å². The van der Waals surface area contributed by atoms with Gasteiger partial charge in [-0.3, -0.25) is 4.79 Å². The first-order valence-corrected chi connectivity index (χ1v) is 9.53. The zero-order valence-electron chi connectivity index (χ0n) is 16.4. The average Bonchev–Trinajstić information content (AvgIpc) is 3.12. The average molecular weight is 431 g/mol. The highest BCUT2D eigenvalue weighted by Crippen LogP contribution is 2.34. The van der Waals surface area contributed by atoms with Crippen molar-refractivity contribution < 1.29 is 33.0 Å². The van der Waals surface area contributed by atoms with E-state index in [4.69, 9.17) is 9.47 Å². The predicted octanol–water partition coefficient (Wildman–Crippen LogP) is 4.01. The Bertz CT molecular complexity index is 1140. The van der Waals surface area contributed by atoms with Gasteiger partial charge >= 0.3 is 11.9 Å². The molecule has 2 aromatic carbocycles. The molecule has 1 amide bonds. The van der Waals surface area contributed by atoms with Crippen molar-refractivity contribution in [2.75, 3.05) is 26.6 Å². The number of ether oxygens (including phenoxy) is 3. The van der Waals surface area contributed by atoms with E-state index in [1.165, 1.54) is 45.6 Å². The van der Waals surface area contributed by atoms with Gasteiger partial charge < -0.3 is 19.5 Å². The standard InChI is InChI=1S/C21H18FNO6S/c1-27-10-13-17-14(22)5-4-6-16(17)30-18(13)19(24)23-15-9-11(20(25)28-2)7-8-12(15)21(26)29-3/h4-9H,10H2,1-3H3,(H,23,24). The Morgan fingerprint density at radius 2 is 1.77 bits per heavy atom. The third kappa shape index (κ3) is 4.03. The van der Waals surface area contributed by atoms with E-state index in [-0.39, 0.29) is 28.3 Å². The second-order valence-corrected chi connectivity index (χ2v) is 7.21. The molecule has 0 aliphatic rings. The van der Waals surface area contributed by atoms with Crippen LogP contribution in [0.5, 0.6) is 0 Å². The van der Waals surface area contributed by atoms with Crippen molar-refractivity contribution in [3.05, 3.63) is 63.8 Å². The fourth-order valence-corrected chi connectivity index (χ4v) is 4.11. The molecule has 0 saturated carbocycles. The molecule has 0 atom stereocenters. The Balaban J connectivity index is 2.07. The number of amides is 1. The van der Waals surface area contributed by atoms with Gasteiger partial charge in [-0.2, -0.15) is 0 Å². The van der Waals surface area contributed by atoms with E-state index >= 15 is 0 Å². The third-order valence-electron chi connectivity index (χ3n) is 4.35. The van der Waals surface area contributed by atoms with Gasteiger partial charge in [0.05, 0.1) is 42.5 Å². The van der Waals surface area contributed by atoms with Crippen LogP contribution in [0.15, 0.2) is 36.4 Å². The van der Waals surface area contributed by atoms with Gasteiger partial charge in [0.1, 0.15) is 5.82 Å². The van der Waals surface area contributed by atoms with E-state index in [0.717, 1.165) is 11.3 Å². The molecule has 0 spiro atoms. The van der Waals surface area contributed by atoms with Gasteiger partial charge in [0.15, 0.2) is 0 Å². The molecule has 0 radical (unpaired) electrons. The molecule has 1 N–H and O–H groups in total. The number of fused-ring (bicyclic) bond motifs is 1. The van der Waals surface area contributed by atoms with Crippen LogP contribution in [-0.2, 0) is 20.8 Å². The van der Waals surface area contributed by atoms with Gasteiger partial charge in [0.2, 0.25) is 0 Å². The first-order valence-electron chi connectivity index (χ1n) is 8.72. The van der Waals surface area contributed by atoms with Crippen molar-refractivity contribution >= 4 is 45.0 Å². The van der Waals surface area contributed by atoms with E-state index in [1.807, 2.05) is 0 Å². The molecular formula is C21H18FNO6S. The summed E-state index contributed by atoms with van der Waals surface area (Å²) in [7, 11) is 3.87. The molecule has 1 heterocycles. The number of halogens is 1. The van der Waals surface area contributed by atoms with Gasteiger partial charge in [-0.05, 0) is 30.3 Å². The summed E-state index contributed by atoms with van der Waals surface area (Å²) in [6.45, 7) is 0.0236. The molecule has 0 fully saturated rings. The lowest BCUT2D eigenvalue weighted by atomic mass is 10.1. The van der Waals surface area contributed by atoms with Crippen molar-refractivity contribution in [2.24, 2.45) is 0 Å². The van der Waals surface area contributed by atoms with Gasteiger partial charge in [-0.15, -0.1) is 11.3 Å². The Hall–Kier alpha value is -3.30. The molecule has 0 aliphatic carbocycles. The van der Waals surface area contributed by atoms with Gasteiger partial charge in [-0.1, -0.05) is 6.07 Å². The van der Waals surface area contributed by atoms with Crippen LogP contribution in [0.25, 0.3) is 10.1 Å². The molecule has 3 rings (SSSR count). The zero-order valence-corrected chi connectivity index (χ0v) is 17.2. The molecule has 30 heavy (non-hydrogen) atoms. The predicted molar refractivity (Wildman–Crippen MR) is 110 cm³/mol. The summed E-state index contributed by atoms with van der Waals surface area (Å²) in [4.78, 5) is 37.3. The maximum Gasteiger partial charge on any atom is 0.339 e. The van der Waals surface area contributed by atoms with Crippen LogP contribution in [-0.4, -0.2) is 39.2 Å². The lowest BCUT2D eigenvalue weighted by Gasteiger charge is -2.12. The van der Waals surface area contributed by atoms with Crippen LogP contribution in [0.2, 0.25) is 0 Å². The van der Waals surface area contributed by atoms with E-state index in [1.54, 1.807) is 12.1 Å². The number of benzene rings is 2. The van der Waals surface area contributed by atoms with Crippen molar-refractivity contribution in [3.8, 4) is 0 Å². The van der Waals surface area contributed by atoms with E-state index in [9.17, 15) is 18.8 Å². The fourth-order valence-electron chi connectivity index (χ4n) is 2.99. The summed E-state index contributed by atoms with van der Waals surface area (Å²) in [6, 6.07) is 8.64. The number of rotatable bonds is 6. The van der Waals surface area contributed by atoms with Gasteiger partial charge in [0, 0.05) is 22.8 Å². The maximum atomic E-state index is 14.4. The lowest BCUT2D eigenvalue weighted by molar-refractivity contribution is 0.0587. The van der Waals surface area contributed by atoms with E-state index in [0.29, 0.717) is 15.6 Å². The summed E-state index contributed by atoms with van der Waals surface area (Å²) in [6.07, 6.45) is 0. The number of esters is 2. The molecule has 0 unspecified atom stereocenters. The Kier molecular flexibility index (Phi) is 6.43. The maximum absolute atomic E-state index is 14.4. The molecular weight excluding hydrogens is 413 g/mol. The minimum absolute atomic E-state index is 0.0236. The van der Waals surface area contributed by atoms with Crippen molar-refractivity contribution in [1.29, 1.82) is 0 Å². The number of thiophene rings is 1. The molecule has 156 valence electrons. The molecule has 0 bridgehead atoms. The number of hydrogen-bond donors (Lipinski definition) is 1. The number of nitrogens with one attached hydrogen (secondary N) is 1. The second kappa shape index (κ2) is 9.02. The van der Waals surface area contributed by atoms with Gasteiger partial charge in [0.25, 0.3) is 5.91 Å². The van der Waals surface area contributed by atoms with Crippen molar-refractivity contribution in [2.45, 2.75) is 6.61 Å². The topological polar surface area (TPSA) is 90.9 Å². The molecule has 7 nitrogen and oxygen atoms in total. The summed E-state index contributed by atoms with van der Waals surface area (Å²) in [5.41, 5.74) is 0.659. The normalized spacial score (nSPS) is 10.7. The highest BCUT2D eigenvalue weighted by atomic mass is 32.1. The first-order chi connectivity index (χ1) is 14.4. The van der Waals surface area contributed by atoms with Crippen LogP contribution in [0, 0.1) is 5.82 Å². The number of hydrogen-bond acceptors (Lipinski definition) is 7. The number of carbonyl (C=O) groups excluding carboxylic acids is 3. The summed E-state index contributed by atoms with van der Waals surface area (Å²) < 4.78 is 29.6. The highest BCUT2D eigenvalue weighted by Gasteiger charge is 2.23. The Morgan fingerprint density at radius 1 is 1.03 bits per heavy atom. The van der Waals surface area contributed by atoms with Crippen LogP contribution in [0.4, 0.5) is 10.1 Å². The summed E-state index contributed by atoms with van der Waals surface area (Å²) >= 11 is 1.10. The Labute approximate surface area is 175 Å². The second-order valence-electron chi connectivity index (χ2n) is 6.15. The molecule has 0 aliphatic heterocycles. The molecule has 9 heteroatoms. The number of methoxy groups -OCH3 is 3. The molecule has 3 aromatic rings. The van der Waals surface area contributed by atoms with Crippen molar-refractivity contribution in [3.63, 3.8) is 0 Å². The zero-order chi connectivity index (χ0) is 21.8. The number of anilines is 1. The van der Waals surface area contributed by atoms with E-state index in [2.05, 4.69) is 10.1 Å². The van der Waals surface area contributed by atoms with Crippen LogP contribution in [0.3, 0.4) is 0 Å². The fraction of sp³-hybridized carbons (Fsp3) is 0.190. The Morgan fingerprint density at radius 3 is 2.43 bits per heavy atom. The SMILES string of the molecule is COCc1c(C(=O)Nc2cc(C(=O)OC)ccc2C(=O)OC)sc2cccc(F)c12. The minimum atomic E-state index is -0.693. The van der Waals surface area contributed by atoms with Crippen LogP contribution < -0.4 is 5.32 Å². The van der Waals surface area contributed by atoms with Crippen LogP contribution in [0.1, 0.15) is 36.0 Å². The van der Waals surface area contributed by atoms with Crippen molar-refractivity contribution in [1.82, 2.24) is 0 Å². The summed E-state index contributed by atoms with van der Waals surface area (Å²) in [5.74, 6) is -2.36. The monoisotopic (exact) mass is 431 g/mol. The smallest absolute Gasteiger partial charge is 0.339 e. The largest absolute Gasteiger partial charge is 0.465 e. The van der Waals surface area contributed by atoms with Crippen LogP contribution >= 0.6 is 11.3 Å². The van der Waals surface area contributed by atoms with E-state index < -0.39 is 23.7 Å². The third-order valence-corrected chi connectivity index (χ3v) is 5.55. The quantitative estimate of drug-likeness (QED) is 0.593. The summed E-state index contributed by atoms with van der Waals surface area (Å²) in [5, 5.41) is 2.94. The lowest BCUT2D eigenvalue weighted by Crippen LogP contribution is -2.17. The molecule has 1 aromatic heterocycles. The highest BCUT2D eigenvalue weighted by molar-refractivity contribution is 7.21. The molecule has 0 saturated heterocycles. The number of carbonyl (C=O) groups is 3. The first kappa shape index (κ1) is 21.4. The minimum Gasteiger partial charge on any atom is -0.465 e.